The number of anilines is 1. The third kappa shape index (κ3) is 1.93. The van der Waals surface area contributed by atoms with E-state index in [4.69, 9.17) is 5.73 Å². The fourth-order valence-corrected chi connectivity index (χ4v) is 2.10. The molecule has 1 aromatic carbocycles. The summed E-state index contributed by atoms with van der Waals surface area (Å²) in [5.74, 6) is 0.562. The molecule has 18 heavy (non-hydrogen) atoms. The van der Waals surface area contributed by atoms with Gasteiger partial charge >= 0.3 is 0 Å². The number of hydrogen-bond donors (Lipinski definition) is 1. The number of aromatic nitrogens is 3. The molecule has 90 valence electrons. The Morgan fingerprint density at radius 1 is 1.06 bits per heavy atom. The Balaban J connectivity index is 1.89. The molecule has 0 bridgehead atoms. The number of pyridine rings is 1. The zero-order valence-electron chi connectivity index (χ0n) is 9.95. The van der Waals surface area contributed by atoms with Crippen LogP contribution < -0.4 is 5.73 Å². The van der Waals surface area contributed by atoms with Crippen molar-refractivity contribution < 1.29 is 0 Å². The van der Waals surface area contributed by atoms with E-state index in [-0.39, 0.29) is 0 Å². The number of rotatable bonds is 3. The van der Waals surface area contributed by atoms with Crippen molar-refractivity contribution in [3.8, 4) is 0 Å². The highest BCUT2D eigenvalue weighted by atomic mass is 15.1. The normalized spacial score (nSPS) is 10.9. The lowest BCUT2D eigenvalue weighted by molar-refractivity contribution is 0.713. The summed E-state index contributed by atoms with van der Waals surface area (Å²) in [6.45, 7) is 0.795. The van der Waals surface area contributed by atoms with E-state index in [1.54, 1.807) is 0 Å². The third-order valence-electron chi connectivity index (χ3n) is 3.00. The van der Waals surface area contributed by atoms with Crippen LogP contribution in [0.15, 0.2) is 48.7 Å². The van der Waals surface area contributed by atoms with Gasteiger partial charge in [0.15, 0.2) is 0 Å². The Morgan fingerprint density at radius 2 is 1.89 bits per heavy atom. The van der Waals surface area contributed by atoms with Crippen LogP contribution in [0.3, 0.4) is 0 Å². The van der Waals surface area contributed by atoms with Gasteiger partial charge in [-0.25, -0.2) is 4.98 Å². The van der Waals surface area contributed by atoms with E-state index in [2.05, 4.69) is 9.97 Å². The lowest BCUT2D eigenvalue weighted by Gasteiger charge is -2.05. The van der Waals surface area contributed by atoms with Gasteiger partial charge in [-0.2, -0.15) is 0 Å². The number of nitrogens with zero attached hydrogens (tertiary/aromatic N) is 3. The topological polar surface area (TPSA) is 56.7 Å². The maximum atomic E-state index is 5.95. The van der Waals surface area contributed by atoms with E-state index in [1.165, 1.54) is 0 Å². The fourth-order valence-electron chi connectivity index (χ4n) is 2.10. The summed E-state index contributed by atoms with van der Waals surface area (Å²) in [5, 5.41) is 0. The molecule has 3 rings (SSSR count). The van der Waals surface area contributed by atoms with Crippen molar-refractivity contribution in [2.24, 2.45) is 0 Å². The van der Waals surface area contributed by atoms with Crippen molar-refractivity contribution in [2.45, 2.75) is 13.0 Å². The predicted octanol–water partition coefficient (Wildman–Crippen LogP) is 2.26. The van der Waals surface area contributed by atoms with Crippen molar-refractivity contribution in [1.29, 1.82) is 0 Å². The van der Waals surface area contributed by atoms with Gasteiger partial charge in [0.2, 0.25) is 5.95 Å². The molecule has 2 heterocycles. The highest BCUT2D eigenvalue weighted by molar-refractivity contribution is 5.78. The molecule has 0 aliphatic heterocycles. The van der Waals surface area contributed by atoms with E-state index < -0.39 is 0 Å². The lowest BCUT2D eigenvalue weighted by Crippen LogP contribution is -2.06. The Hall–Kier alpha value is -2.36. The number of nitrogens with two attached hydrogens (primary N) is 1. The van der Waals surface area contributed by atoms with E-state index in [9.17, 15) is 0 Å². The zero-order chi connectivity index (χ0) is 12.4. The van der Waals surface area contributed by atoms with Crippen molar-refractivity contribution in [2.75, 3.05) is 5.73 Å². The quantitative estimate of drug-likeness (QED) is 0.761. The molecule has 0 aliphatic rings. The summed E-state index contributed by atoms with van der Waals surface area (Å²) in [7, 11) is 0. The van der Waals surface area contributed by atoms with E-state index in [0.717, 1.165) is 29.7 Å². The molecular weight excluding hydrogens is 224 g/mol. The molecule has 3 aromatic rings. The Morgan fingerprint density at radius 3 is 2.72 bits per heavy atom. The Labute approximate surface area is 105 Å². The van der Waals surface area contributed by atoms with Gasteiger partial charge in [-0.1, -0.05) is 18.2 Å². The number of nitrogen functional groups attached to an aromatic ring is 1. The van der Waals surface area contributed by atoms with E-state index in [1.807, 2.05) is 53.2 Å². The van der Waals surface area contributed by atoms with Crippen LogP contribution in [0, 0.1) is 0 Å². The number of imidazole rings is 1. The van der Waals surface area contributed by atoms with Crippen LogP contribution in [-0.4, -0.2) is 14.5 Å². The van der Waals surface area contributed by atoms with Crippen LogP contribution in [-0.2, 0) is 13.0 Å². The maximum absolute atomic E-state index is 5.95. The minimum atomic E-state index is 0.562. The number of aryl methyl sites for hydroxylation is 2. The largest absolute Gasteiger partial charge is 0.369 e. The average molecular weight is 238 g/mol. The summed E-state index contributed by atoms with van der Waals surface area (Å²) in [4.78, 5) is 8.66. The molecule has 0 fully saturated rings. The van der Waals surface area contributed by atoms with E-state index in [0.29, 0.717) is 5.95 Å². The molecule has 4 nitrogen and oxygen atoms in total. The summed E-state index contributed by atoms with van der Waals surface area (Å²) < 4.78 is 2.03. The molecule has 0 saturated heterocycles. The average Bonchev–Trinajstić information content (AvgIpc) is 2.73. The minimum Gasteiger partial charge on any atom is -0.369 e. The maximum Gasteiger partial charge on any atom is 0.201 e. The highest BCUT2D eigenvalue weighted by Gasteiger charge is 2.07. The smallest absolute Gasteiger partial charge is 0.201 e. The second-order valence-corrected chi connectivity index (χ2v) is 4.18. The van der Waals surface area contributed by atoms with Crippen LogP contribution in [0.1, 0.15) is 5.69 Å². The molecule has 0 amide bonds. The number of hydrogen-bond acceptors (Lipinski definition) is 3. The summed E-state index contributed by atoms with van der Waals surface area (Å²) in [6, 6.07) is 13.9. The molecule has 0 atom stereocenters. The predicted molar refractivity (Wildman–Crippen MR) is 72.1 cm³/mol. The highest BCUT2D eigenvalue weighted by Crippen LogP contribution is 2.17. The van der Waals surface area contributed by atoms with Crippen molar-refractivity contribution in [3.05, 3.63) is 54.4 Å². The molecule has 0 saturated carbocycles. The second-order valence-electron chi connectivity index (χ2n) is 4.18. The van der Waals surface area contributed by atoms with Crippen LogP contribution in [0.5, 0.6) is 0 Å². The van der Waals surface area contributed by atoms with Crippen molar-refractivity contribution >= 4 is 17.0 Å². The summed E-state index contributed by atoms with van der Waals surface area (Å²) >= 11 is 0. The van der Waals surface area contributed by atoms with Gasteiger partial charge in [-0.15, -0.1) is 0 Å². The van der Waals surface area contributed by atoms with Gasteiger partial charge in [0.25, 0.3) is 0 Å². The first kappa shape index (κ1) is 10.8. The van der Waals surface area contributed by atoms with Gasteiger partial charge in [-0.05, 0) is 24.3 Å². The van der Waals surface area contributed by atoms with E-state index >= 15 is 0 Å². The van der Waals surface area contributed by atoms with Crippen LogP contribution in [0.25, 0.3) is 11.0 Å². The Bertz CT molecular complexity index is 658. The van der Waals surface area contributed by atoms with Crippen LogP contribution >= 0.6 is 0 Å². The van der Waals surface area contributed by atoms with Crippen molar-refractivity contribution in [3.63, 3.8) is 0 Å². The first-order chi connectivity index (χ1) is 8.84. The standard InChI is InChI=1S/C14H14N4/c15-14-17-12-6-1-2-7-13(12)18(14)10-8-11-5-3-4-9-16-11/h1-7,9H,8,10H2,(H2,15,17). The number of fused-ring (bicyclic) bond motifs is 1. The van der Waals surface area contributed by atoms with Gasteiger partial charge in [0, 0.05) is 24.9 Å². The second kappa shape index (κ2) is 4.49. The first-order valence-corrected chi connectivity index (χ1v) is 5.95. The molecule has 2 N–H and O–H groups in total. The van der Waals surface area contributed by atoms with Gasteiger partial charge < -0.3 is 10.3 Å². The van der Waals surface area contributed by atoms with Gasteiger partial charge in [0.05, 0.1) is 11.0 Å². The molecule has 2 aromatic heterocycles. The first-order valence-electron chi connectivity index (χ1n) is 5.95. The summed E-state index contributed by atoms with van der Waals surface area (Å²) in [6.07, 6.45) is 2.66. The van der Waals surface area contributed by atoms with Crippen LogP contribution in [0.4, 0.5) is 5.95 Å². The lowest BCUT2D eigenvalue weighted by atomic mass is 10.2. The van der Waals surface area contributed by atoms with Gasteiger partial charge in [-0.3, -0.25) is 4.98 Å². The molecule has 0 radical (unpaired) electrons. The molecule has 0 unspecified atom stereocenters. The molecular formula is C14H14N4. The number of benzene rings is 1. The van der Waals surface area contributed by atoms with Crippen LogP contribution in [0.2, 0.25) is 0 Å². The molecule has 4 heteroatoms. The molecule has 0 aliphatic carbocycles. The van der Waals surface area contributed by atoms with Gasteiger partial charge in [0.1, 0.15) is 0 Å². The zero-order valence-corrected chi connectivity index (χ0v) is 9.95. The minimum absolute atomic E-state index is 0.562. The Kier molecular flexibility index (Phi) is 2.68. The third-order valence-corrected chi connectivity index (χ3v) is 3.00. The molecule has 0 spiro atoms. The fraction of sp³-hybridized carbons (Fsp3) is 0.143. The van der Waals surface area contributed by atoms with Crippen molar-refractivity contribution in [1.82, 2.24) is 14.5 Å². The summed E-state index contributed by atoms with van der Waals surface area (Å²) in [5.41, 5.74) is 9.03. The number of para-hydroxylation sites is 2. The SMILES string of the molecule is Nc1nc2ccccc2n1CCc1ccccn1. The monoisotopic (exact) mass is 238 g/mol.